The highest BCUT2D eigenvalue weighted by Crippen LogP contribution is 2.23. The first-order valence-corrected chi connectivity index (χ1v) is 9.46. The molecule has 25 heavy (non-hydrogen) atoms. The highest BCUT2D eigenvalue weighted by Gasteiger charge is 2.16. The SMILES string of the molecule is CN(C)CCNC(=O)c1ccc(NS(=O)(=O)c2ccccc2)cc1Cl. The Kier molecular flexibility index (Phi) is 6.41. The Bertz CT molecular complexity index is 839. The van der Waals surface area contributed by atoms with Crippen molar-refractivity contribution >= 4 is 33.2 Å². The molecule has 0 radical (unpaired) electrons. The predicted octanol–water partition coefficient (Wildman–Crippen LogP) is 2.43. The van der Waals surface area contributed by atoms with E-state index in [4.69, 9.17) is 11.6 Å². The second-order valence-electron chi connectivity index (χ2n) is 5.67. The van der Waals surface area contributed by atoms with Gasteiger partial charge in [0.1, 0.15) is 0 Å². The van der Waals surface area contributed by atoms with Crippen LogP contribution >= 0.6 is 11.6 Å². The Morgan fingerprint density at radius 1 is 1.12 bits per heavy atom. The maximum Gasteiger partial charge on any atom is 0.261 e. The van der Waals surface area contributed by atoms with E-state index < -0.39 is 10.0 Å². The number of halogens is 1. The summed E-state index contributed by atoms with van der Waals surface area (Å²) in [5.74, 6) is -0.302. The summed E-state index contributed by atoms with van der Waals surface area (Å²) in [7, 11) is 0.117. The predicted molar refractivity (Wildman–Crippen MR) is 99.6 cm³/mol. The van der Waals surface area contributed by atoms with E-state index in [-0.39, 0.29) is 15.8 Å². The van der Waals surface area contributed by atoms with Crippen LogP contribution in [0.3, 0.4) is 0 Å². The van der Waals surface area contributed by atoms with Crippen LogP contribution in [0.1, 0.15) is 10.4 Å². The lowest BCUT2D eigenvalue weighted by Crippen LogP contribution is -2.31. The summed E-state index contributed by atoms with van der Waals surface area (Å²) >= 11 is 6.13. The Hall–Kier alpha value is -2.09. The molecule has 1 amide bonds. The second kappa shape index (κ2) is 8.33. The third-order valence-corrected chi connectivity index (χ3v) is 5.07. The molecule has 2 aromatic rings. The zero-order valence-electron chi connectivity index (χ0n) is 14.0. The van der Waals surface area contributed by atoms with Gasteiger partial charge in [-0.25, -0.2) is 8.42 Å². The van der Waals surface area contributed by atoms with E-state index in [1.807, 2.05) is 19.0 Å². The van der Waals surface area contributed by atoms with Crippen molar-refractivity contribution in [2.45, 2.75) is 4.90 Å². The van der Waals surface area contributed by atoms with Crippen molar-refractivity contribution in [1.29, 1.82) is 0 Å². The van der Waals surface area contributed by atoms with Crippen LogP contribution in [0.25, 0.3) is 0 Å². The van der Waals surface area contributed by atoms with Crippen LogP contribution in [0.4, 0.5) is 5.69 Å². The Balaban J connectivity index is 2.10. The van der Waals surface area contributed by atoms with Crippen LogP contribution in [-0.4, -0.2) is 46.4 Å². The minimum absolute atomic E-state index is 0.150. The average Bonchev–Trinajstić information content (AvgIpc) is 2.55. The van der Waals surface area contributed by atoms with Gasteiger partial charge in [0.2, 0.25) is 0 Å². The number of nitrogens with zero attached hydrogens (tertiary/aromatic N) is 1. The van der Waals surface area contributed by atoms with Gasteiger partial charge in [0.15, 0.2) is 0 Å². The lowest BCUT2D eigenvalue weighted by atomic mass is 10.2. The number of amides is 1. The van der Waals surface area contributed by atoms with E-state index in [1.54, 1.807) is 18.2 Å². The molecule has 6 nitrogen and oxygen atoms in total. The van der Waals surface area contributed by atoms with Crippen molar-refractivity contribution in [1.82, 2.24) is 10.2 Å². The minimum atomic E-state index is -3.70. The van der Waals surface area contributed by atoms with Gasteiger partial charge in [0, 0.05) is 13.1 Å². The fourth-order valence-electron chi connectivity index (χ4n) is 2.06. The third kappa shape index (κ3) is 5.45. The summed E-state index contributed by atoms with van der Waals surface area (Å²) in [6.07, 6.45) is 0. The maximum atomic E-state index is 12.3. The largest absolute Gasteiger partial charge is 0.351 e. The van der Waals surface area contributed by atoms with E-state index in [0.717, 1.165) is 0 Å². The number of carbonyl (C=O) groups is 1. The molecule has 0 aromatic heterocycles. The van der Waals surface area contributed by atoms with Gasteiger partial charge in [-0.15, -0.1) is 0 Å². The minimum Gasteiger partial charge on any atom is -0.351 e. The molecule has 0 aliphatic carbocycles. The molecule has 0 unspecified atom stereocenters. The first kappa shape index (κ1) is 19.2. The molecular formula is C17H20ClN3O3S. The molecule has 8 heteroatoms. The topological polar surface area (TPSA) is 78.5 Å². The molecule has 0 bridgehead atoms. The van der Waals surface area contributed by atoms with E-state index in [2.05, 4.69) is 10.0 Å². The Morgan fingerprint density at radius 2 is 1.80 bits per heavy atom. The van der Waals surface area contributed by atoms with Gasteiger partial charge in [0.25, 0.3) is 15.9 Å². The number of anilines is 1. The highest BCUT2D eigenvalue weighted by molar-refractivity contribution is 7.92. The zero-order valence-corrected chi connectivity index (χ0v) is 15.6. The number of sulfonamides is 1. The number of likely N-dealkylation sites (N-methyl/N-ethyl adjacent to an activating group) is 1. The van der Waals surface area contributed by atoms with Gasteiger partial charge < -0.3 is 10.2 Å². The Labute approximate surface area is 152 Å². The lowest BCUT2D eigenvalue weighted by molar-refractivity contribution is 0.0951. The standard InChI is InChI=1S/C17H20ClN3O3S/c1-21(2)11-10-19-17(22)15-9-8-13(12-16(15)18)20-25(23,24)14-6-4-3-5-7-14/h3-9,12,20H,10-11H2,1-2H3,(H,19,22). The van der Waals surface area contributed by atoms with Crippen molar-refractivity contribution in [3.05, 3.63) is 59.1 Å². The molecule has 0 spiro atoms. The lowest BCUT2D eigenvalue weighted by Gasteiger charge is -2.12. The van der Waals surface area contributed by atoms with Gasteiger partial charge in [0.05, 0.1) is 21.2 Å². The van der Waals surface area contributed by atoms with E-state index in [1.165, 1.54) is 30.3 Å². The molecule has 2 rings (SSSR count). The highest BCUT2D eigenvalue weighted by atomic mass is 35.5. The summed E-state index contributed by atoms with van der Waals surface area (Å²) in [6, 6.07) is 12.4. The number of hydrogen-bond donors (Lipinski definition) is 2. The number of carbonyl (C=O) groups excluding carboxylic acids is 1. The zero-order chi connectivity index (χ0) is 18.4. The maximum absolute atomic E-state index is 12.3. The monoisotopic (exact) mass is 381 g/mol. The van der Waals surface area contributed by atoms with E-state index in [0.29, 0.717) is 24.3 Å². The molecule has 0 fully saturated rings. The van der Waals surface area contributed by atoms with Gasteiger partial charge in [-0.3, -0.25) is 9.52 Å². The number of hydrogen-bond acceptors (Lipinski definition) is 4. The van der Waals surface area contributed by atoms with Crippen LogP contribution < -0.4 is 10.0 Å². The van der Waals surface area contributed by atoms with Gasteiger partial charge >= 0.3 is 0 Å². The van der Waals surface area contributed by atoms with Crippen LogP contribution in [-0.2, 0) is 10.0 Å². The molecule has 2 aromatic carbocycles. The van der Waals surface area contributed by atoms with Crippen molar-refractivity contribution in [3.63, 3.8) is 0 Å². The Morgan fingerprint density at radius 3 is 2.40 bits per heavy atom. The second-order valence-corrected chi connectivity index (χ2v) is 7.76. The summed E-state index contributed by atoms with van der Waals surface area (Å²) in [5.41, 5.74) is 0.585. The molecule has 134 valence electrons. The molecule has 0 saturated heterocycles. The smallest absolute Gasteiger partial charge is 0.261 e. The van der Waals surface area contributed by atoms with Gasteiger partial charge in [-0.05, 0) is 44.4 Å². The molecule has 0 heterocycles. The average molecular weight is 382 g/mol. The first-order valence-electron chi connectivity index (χ1n) is 7.60. The van der Waals surface area contributed by atoms with Crippen molar-refractivity contribution in [3.8, 4) is 0 Å². The molecule has 0 aliphatic heterocycles. The fourth-order valence-corrected chi connectivity index (χ4v) is 3.40. The number of rotatable bonds is 7. The molecule has 2 N–H and O–H groups in total. The molecule has 0 atom stereocenters. The van der Waals surface area contributed by atoms with Crippen molar-refractivity contribution in [2.24, 2.45) is 0 Å². The normalized spacial score (nSPS) is 11.4. The molecule has 0 aliphatic rings. The van der Waals surface area contributed by atoms with Gasteiger partial charge in [-0.2, -0.15) is 0 Å². The molecular weight excluding hydrogens is 362 g/mol. The van der Waals surface area contributed by atoms with Crippen molar-refractivity contribution < 1.29 is 13.2 Å². The molecule has 0 saturated carbocycles. The first-order chi connectivity index (χ1) is 11.8. The van der Waals surface area contributed by atoms with Crippen LogP contribution in [0, 0.1) is 0 Å². The van der Waals surface area contributed by atoms with E-state index >= 15 is 0 Å². The summed E-state index contributed by atoms with van der Waals surface area (Å²) < 4.78 is 27.0. The van der Waals surface area contributed by atoms with Crippen LogP contribution in [0.15, 0.2) is 53.4 Å². The van der Waals surface area contributed by atoms with Gasteiger partial charge in [-0.1, -0.05) is 29.8 Å². The van der Waals surface area contributed by atoms with Crippen molar-refractivity contribution in [2.75, 3.05) is 31.9 Å². The fraction of sp³-hybridized carbons (Fsp3) is 0.235. The summed E-state index contributed by atoms with van der Waals surface area (Å²) in [4.78, 5) is 14.2. The quantitative estimate of drug-likeness (QED) is 0.772. The number of benzene rings is 2. The van der Waals surface area contributed by atoms with Crippen LogP contribution in [0.5, 0.6) is 0 Å². The number of nitrogens with one attached hydrogen (secondary N) is 2. The summed E-state index contributed by atoms with van der Waals surface area (Å²) in [6.45, 7) is 1.20. The third-order valence-electron chi connectivity index (χ3n) is 3.36. The summed E-state index contributed by atoms with van der Waals surface area (Å²) in [5, 5.41) is 2.94. The van der Waals surface area contributed by atoms with E-state index in [9.17, 15) is 13.2 Å². The van der Waals surface area contributed by atoms with Crippen LogP contribution in [0.2, 0.25) is 5.02 Å².